The van der Waals surface area contributed by atoms with Gasteiger partial charge in [-0.1, -0.05) is 56.3 Å². The Labute approximate surface area is 138 Å². The minimum atomic E-state index is -0.251. The highest BCUT2D eigenvalue weighted by atomic mass is 16.5. The fraction of sp³-hybridized carbons (Fsp3) is 0.350. The molecule has 3 heteroatoms. The highest BCUT2D eigenvalue weighted by Gasteiger charge is 2.28. The van der Waals surface area contributed by atoms with Gasteiger partial charge in [-0.3, -0.25) is 4.79 Å². The third kappa shape index (κ3) is 4.59. The van der Waals surface area contributed by atoms with Gasteiger partial charge in [0.15, 0.2) is 0 Å². The molecule has 2 aromatic rings. The first-order chi connectivity index (χ1) is 11.1. The smallest absolute Gasteiger partial charge is 0.306 e. The Balaban J connectivity index is 2.13. The molecule has 0 aliphatic carbocycles. The Morgan fingerprint density at radius 2 is 1.83 bits per heavy atom. The molecule has 1 atom stereocenters. The van der Waals surface area contributed by atoms with E-state index in [4.69, 9.17) is 9.47 Å². The first-order valence-corrected chi connectivity index (χ1v) is 7.91. The topological polar surface area (TPSA) is 35.5 Å². The van der Waals surface area contributed by atoms with Crippen LogP contribution in [0.25, 0.3) is 0 Å². The standard InChI is InChI=1S/C20H24O3/c1-4-20(2,14-19(21)22-3)17-11-8-12-18(13-17)23-15-16-9-6-5-7-10-16/h5-13H,4,14-15H2,1-3H3. The number of benzene rings is 2. The molecule has 0 amide bonds. The lowest BCUT2D eigenvalue weighted by Crippen LogP contribution is -2.25. The van der Waals surface area contributed by atoms with Crippen molar-refractivity contribution in [2.45, 2.75) is 38.7 Å². The van der Waals surface area contributed by atoms with Gasteiger partial charge in [0.1, 0.15) is 12.4 Å². The maximum atomic E-state index is 11.7. The normalized spacial score (nSPS) is 13.2. The maximum absolute atomic E-state index is 11.7. The lowest BCUT2D eigenvalue weighted by molar-refractivity contribution is -0.142. The van der Waals surface area contributed by atoms with E-state index < -0.39 is 0 Å². The van der Waals surface area contributed by atoms with Crippen LogP contribution >= 0.6 is 0 Å². The van der Waals surface area contributed by atoms with Gasteiger partial charge >= 0.3 is 5.97 Å². The van der Waals surface area contributed by atoms with Crippen molar-refractivity contribution in [3.05, 3.63) is 65.7 Å². The molecule has 3 nitrogen and oxygen atoms in total. The maximum Gasteiger partial charge on any atom is 0.306 e. The van der Waals surface area contributed by atoms with Crippen molar-refractivity contribution in [3.8, 4) is 5.75 Å². The molecule has 0 fully saturated rings. The fourth-order valence-electron chi connectivity index (χ4n) is 2.52. The predicted molar refractivity (Wildman–Crippen MR) is 91.5 cm³/mol. The molecule has 0 heterocycles. The average Bonchev–Trinajstić information content (AvgIpc) is 2.61. The summed E-state index contributed by atoms with van der Waals surface area (Å²) in [6, 6.07) is 18.1. The number of carbonyl (C=O) groups excluding carboxylic acids is 1. The second-order valence-electron chi connectivity index (χ2n) is 5.97. The minimum absolute atomic E-state index is 0.190. The number of carbonyl (C=O) groups is 1. The molecule has 0 aliphatic heterocycles. The monoisotopic (exact) mass is 312 g/mol. The Bertz CT molecular complexity index is 636. The molecule has 2 aromatic carbocycles. The van der Waals surface area contributed by atoms with E-state index in [1.165, 1.54) is 7.11 Å². The van der Waals surface area contributed by atoms with E-state index in [0.29, 0.717) is 13.0 Å². The van der Waals surface area contributed by atoms with Gasteiger partial charge < -0.3 is 9.47 Å². The van der Waals surface area contributed by atoms with Gasteiger partial charge in [0.2, 0.25) is 0 Å². The van der Waals surface area contributed by atoms with Gasteiger partial charge in [0, 0.05) is 5.41 Å². The van der Waals surface area contributed by atoms with Crippen LogP contribution in [0.2, 0.25) is 0 Å². The first-order valence-electron chi connectivity index (χ1n) is 7.91. The van der Waals surface area contributed by atoms with E-state index in [1.54, 1.807) is 0 Å². The van der Waals surface area contributed by atoms with Crippen LogP contribution < -0.4 is 4.74 Å². The summed E-state index contributed by atoms with van der Waals surface area (Å²) in [6.07, 6.45) is 1.21. The van der Waals surface area contributed by atoms with Crippen LogP contribution in [0.5, 0.6) is 5.75 Å². The van der Waals surface area contributed by atoms with E-state index in [0.717, 1.165) is 23.3 Å². The van der Waals surface area contributed by atoms with E-state index >= 15 is 0 Å². The van der Waals surface area contributed by atoms with Crippen LogP contribution in [-0.2, 0) is 21.6 Å². The first kappa shape index (κ1) is 17.1. The number of rotatable bonds is 7. The molecular formula is C20H24O3. The van der Waals surface area contributed by atoms with Crippen molar-refractivity contribution in [2.75, 3.05) is 7.11 Å². The summed E-state index contributed by atoms with van der Waals surface area (Å²) < 4.78 is 10.7. The molecule has 0 spiro atoms. The molecule has 0 saturated carbocycles. The van der Waals surface area contributed by atoms with E-state index in [-0.39, 0.29) is 11.4 Å². The van der Waals surface area contributed by atoms with Crippen LogP contribution in [0.4, 0.5) is 0 Å². The molecule has 0 bridgehead atoms. The highest BCUT2D eigenvalue weighted by molar-refractivity contribution is 5.71. The lowest BCUT2D eigenvalue weighted by atomic mass is 9.77. The number of hydrogen-bond donors (Lipinski definition) is 0. The summed E-state index contributed by atoms with van der Waals surface area (Å²) in [5.41, 5.74) is 1.97. The van der Waals surface area contributed by atoms with E-state index in [1.807, 2.05) is 54.6 Å². The number of methoxy groups -OCH3 is 1. The molecule has 2 rings (SSSR count). The van der Waals surface area contributed by atoms with Crippen LogP contribution in [0.15, 0.2) is 54.6 Å². The summed E-state index contributed by atoms with van der Waals surface area (Å²) in [6.45, 7) is 4.70. The summed E-state index contributed by atoms with van der Waals surface area (Å²) in [4.78, 5) is 11.7. The van der Waals surface area contributed by atoms with E-state index in [9.17, 15) is 4.79 Å². The van der Waals surface area contributed by atoms with Crippen molar-refractivity contribution >= 4 is 5.97 Å². The third-order valence-corrected chi connectivity index (χ3v) is 4.32. The number of esters is 1. The fourth-order valence-corrected chi connectivity index (χ4v) is 2.52. The minimum Gasteiger partial charge on any atom is -0.489 e. The van der Waals surface area contributed by atoms with Crippen molar-refractivity contribution in [3.63, 3.8) is 0 Å². The summed E-state index contributed by atoms with van der Waals surface area (Å²) in [7, 11) is 1.43. The second kappa shape index (κ2) is 7.82. The van der Waals surface area contributed by atoms with Crippen molar-refractivity contribution in [2.24, 2.45) is 0 Å². The summed E-state index contributed by atoms with van der Waals surface area (Å²) in [5.74, 6) is 0.626. The quantitative estimate of drug-likeness (QED) is 0.706. The average molecular weight is 312 g/mol. The Kier molecular flexibility index (Phi) is 5.80. The highest BCUT2D eigenvalue weighted by Crippen LogP contribution is 2.33. The van der Waals surface area contributed by atoms with Crippen LogP contribution in [0.3, 0.4) is 0 Å². The largest absolute Gasteiger partial charge is 0.489 e. The molecule has 0 N–H and O–H groups in total. The molecule has 0 aliphatic rings. The zero-order chi connectivity index (χ0) is 16.7. The predicted octanol–water partition coefficient (Wildman–Crippen LogP) is 4.50. The Morgan fingerprint density at radius 3 is 2.48 bits per heavy atom. The SMILES string of the molecule is CCC(C)(CC(=O)OC)c1cccc(OCc2ccccc2)c1. The molecular weight excluding hydrogens is 288 g/mol. The van der Waals surface area contributed by atoms with Crippen molar-refractivity contribution < 1.29 is 14.3 Å². The molecule has 0 saturated heterocycles. The Morgan fingerprint density at radius 1 is 1.09 bits per heavy atom. The van der Waals surface area contributed by atoms with Gasteiger partial charge in [0.25, 0.3) is 0 Å². The third-order valence-electron chi connectivity index (χ3n) is 4.32. The molecule has 122 valence electrons. The van der Waals surface area contributed by atoms with Gasteiger partial charge in [-0.05, 0) is 29.7 Å². The van der Waals surface area contributed by atoms with E-state index in [2.05, 4.69) is 13.8 Å². The van der Waals surface area contributed by atoms with Crippen molar-refractivity contribution in [1.82, 2.24) is 0 Å². The molecule has 0 aromatic heterocycles. The molecule has 23 heavy (non-hydrogen) atoms. The number of hydrogen-bond acceptors (Lipinski definition) is 3. The van der Waals surface area contributed by atoms with Gasteiger partial charge in [-0.2, -0.15) is 0 Å². The zero-order valence-electron chi connectivity index (χ0n) is 14.0. The van der Waals surface area contributed by atoms with Crippen LogP contribution in [0, 0.1) is 0 Å². The Hall–Kier alpha value is -2.29. The van der Waals surface area contributed by atoms with Gasteiger partial charge in [-0.25, -0.2) is 0 Å². The van der Waals surface area contributed by atoms with Gasteiger partial charge in [0.05, 0.1) is 13.5 Å². The lowest BCUT2D eigenvalue weighted by Gasteiger charge is -2.28. The second-order valence-corrected chi connectivity index (χ2v) is 5.97. The summed E-state index contributed by atoms with van der Waals surface area (Å²) >= 11 is 0. The zero-order valence-corrected chi connectivity index (χ0v) is 14.0. The summed E-state index contributed by atoms with van der Waals surface area (Å²) in [5, 5.41) is 0. The van der Waals surface area contributed by atoms with Crippen molar-refractivity contribution in [1.29, 1.82) is 0 Å². The van der Waals surface area contributed by atoms with Crippen LogP contribution in [0.1, 0.15) is 37.8 Å². The van der Waals surface area contributed by atoms with Crippen LogP contribution in [-0.4, -0.2) is 13.1 Å². The number of ether oxygens (including phenoxy) is 2. The van der Waals surface area contributed by atoms with Gasteiger partial charge in [-0.15, -0.1) is 0 Å². The molecule has 1 unspecified atom stereocenters. The molecule has 0 radical (unpaired) electrons.